The molecule has 17 heavy (non-hydrogen) atoms. The van der Waals surface area contributed by atoms with Crippen LogP contribution >= 0.6 is 11.6 Å². The quantitative estimate of drug-likeness (QED) is 0.728. The van der Waals surface area contributed by atoms with Gasteiger partial charge in [-0.1, -0.05) is 11.6 Å². The molecule has 1 aliphatic rings. The minimum absolute atomic E-state index is 0.367. The average molecular weight is 249 g/mol. The Kier molecular flexibility index (Phi) is 2.19. The molecule has 0 spiro atoms. The molecule has 4 nitrogen and oxygen atoms in total. The van der Waals surface area contributed by atoms with Gasteiger partial charge < -0.3 is 4.74 Å². The van der Waals surface area contributed by atoms with Crippen LogP contribution < -0.4 is 4.74 Å². The van der Waals surface area contributed by atoms with Crippen molar-refractivity contribution in [3.05, 3.63) is 34.5 Å². The molecule has 3 rings (SSSR count). The Morgan fingerprint density at radius 3 is 3.12 bits per heavy atom. The monoisotopic (exact) mass is 248 g/mol. The lowest BCUT2D eigenvalue weighted by molar-refractivity contribution is 0.111. The molecule has 0 saturated heterocycles. The predicted octanol–water partition coefficient (Wildman–Crippen LogP) is 2.45. The lowest BCUT2D eigenvalue weighted by Gasteiger charge is -2.18. The van der Waals surface area contributed by atoms with Gasteiger partial charge in [-0.25, -0.2) is 0 Å². The van der Waals surface area contributed by atoms with Gasteiger partial charge >= 0.3 is 0 Å². The summed E-state index contributed by atoms with van der Waals surface area (Å²) in [4.78, 5) is 10.9. The van der Waals surface area contributed by atoms with Crippen molar-refractivity contribution in [2.45, 2.75) is 6.61 Å². The summed E-state index contributed by atoms with van der Waals surface area (Å²) in [5, 5.41) is 4.80. The molecule has 0 atom stereocenters. The molecule has 0 amide bonds. The number of aryl methyl sites for hydroxylation is 1. The van der Waals surface area contributed by atoms with Gasteiger partial charge in [0, 0.05) is 23.2 Å². The van der Waals surface area contributed by atoms with Crippen molar-refractivity contribution >= 4 is 17.9 Å². The molecule has 1 aliphatic heterocycles. The lowest BCUT2D eigenvalue weighted by Crippen LogP contribution is -2.07. The van der Waals surface area contributed by atoms with E-state index >= 15 is 0 Å². The van der Waals surface area contributed by atoms with Gasteiger partial charge in [-0.2, -0.15) is 5.10 Å². The third-order valence-corrected chi connectivity index (χ3v) is 3.09. The van der Waals surface area contributed by atoms with Gasteiger partial charge in [0.25, 0.3) is 0 Å². The molecule has 0 aliphatic carbocycles. The van der Waals surface area contributed by atoms with Crippen LogP contribution in [0.1, 0.15) is 16.1 Å². The fraction of sp³-hybridized carbons (Fsp3) is 0.167. The van der Waals surface area contributed by atoms with Crippen LogP contribution in [-0.4, -0.2) is 16.1 Å². The summed E-state index contributed by atoms with van der Waals surface area (Å²) < 4.78 is 7.28. The van der Waals surface area contributed by atoms with Crippen LogP contribution in [0.3, 0.4) is 0 Å². The van der Waals surface area contributed by atoms with Crippen LogP contribution in [0.25, 0.3) is 11.3 Å². The second-order valence-electron chi connectivity index (χ2n) is 3.88. The fourth-order valence-corrected chi connectivity index (χ4v) is 2.30. The van der Waals surface area contributed by atoms with E-state index in [9.17, 15) is 4.79 Å². The van der Waals surface area contributed by atoms with E-state index in [2.05, 4.69) is 5.10 Å². The molecule has 1 aromatic heterocycles. The molecule has 86 valence electrons. The van der Waals surface area contributed by atoms with Crippen molar-refractivity contribution in [1.29, 1.82) is 0 Å². The minimum atomic E-state index is 0.367. The Morgan fingerprint density at radius 2 is 2.35 bits per heavy atom. The van der Waals surface area contributed by atoms with E-state index < -0.39 is 0 Å². The second-order valence-corrected chi connectivity index (χ2v) is 4.32. The number of nitrogens with zero attached hydrogens (tertiary/aromatic N) is 2. The summed E-state index contributed by atoms with van der Waals surface area (Å²) in [6, 6.07) is 5.43. The van der Waals surface area contributed by atoms with Crippen LogP contribution in [0.2, 0.25) is 5.02 Å². The van der Waals surface area contributed by atoms with Crippen molar-refractivity contribution in [3.8, 4) is 17.0 Å². The van der Waals surface area contributed by atoms with Gasteiger partial charge in [-0.15, -0.1) is 0 Å². The summed E-state index contributed by atoms with van der Waals surface area (Å²) >= 11 is 5.98. The van der Waals surface area contributed by atoms with Gasteiger partial charge in [0.05, 0.1) is 5.69 Å². The van der Waals surface area contributed by atoms with Crippen LogP contribution in [0.5, 0.6) is 5.75 Å². The summed E-state index contributed by atoms with van der Waals surface area (Å²) in [5.41, 5.74) is 3.02. The van der Waals surface area contributed by atoms with Crippen molar-refractivity contribution in [2.75, 3.05) is 0 Å². The number of ether oxygens (including phenoxy) is 1. The number of carbonyl (C=O) groups is 1. The van der Waals surface area contributed by atoms with E-state index in [0.717, 1.165) is 28.9 Å². The predicted molar refractivity (Wildman–Crippen MR) is 63.4 cm³/mol. The molecular formula is C12H9ClN2O2. The first-order chi connectivity index (χ1) is 8.20. The Bertz CT molecular complexity index is 619. The highest BCUT2D eigenvalue weighted by molar-refractivity contribution is 6.31. The van der Waals surface area contributed by atoms with Crippen molar-refractivity contribution in [2.24, 2.45) is 7.05 Å². The van der Waals surface area contributed by atoms with E-state index in [-0.39, 0.29) is 0 Å². The molecule has 1 aromatic carbocycles. The van der Waals surface area contributed by atoms with E-state index in [1.807, 2.05) is 19.2 Å². The second kappa shape index (κ2) is 3.60. The van der Waals surface area contributed by atoms with E-state index in [0.29, 0.717) is 17.3 Å². The summed E-state index contributed by atoms with van der Waals surface area (Å²) in [6.45, 7) is 0.367. The lowest BCUT2D eigenvalue weighted by atomic mass is 10.0. The van der Waals surface area contributed by atoms with Gasteiger partial charge in [0.2, 0.25) is 0 Å². The Morgan fingerprint density at radius 1 is 1.53 bits per heavy atom. The maximum atomic E-state index is 10.9. The fourth-order valence-electron chi connectivity index (χ4n) is 2.13. The zero-order valence-electron chi connectivity index (χ0n) is 9.11. The largest absolute Gasteiger partial charge is 0.488 e. The first kappa shape index (κ1) is 10.4. The number of carbonyl (C=O) groups excluding carboxylic acids is 1. The zero-order valence-corrected chi connectivity index (χ0v) is 9.86. The summed E-state index contributed by atoms with van der Waals surface area (Å²) in [6.07, 6.45) is 0.748. The number of aromatic nitrogens is 2. The number of benzene rings is 1. The number of aldehydes is 1. The molecule has 0 N–H and O–H groups in total. The molecule has 0 bridgehead atoms. The molecule has 2 heterocycles. The van der Waals surface area contributed by atoms with Gasteiger partial charge in [0.15, 0.2) is 6.29 Å². The highest BCUT2D eigenvalue weighted by Crippen LogP contribution is 2.39. The van der Waals surface area contributed by atoms with Gasteiger partial charge in [0.1, 0.15) is 18.1 Å². The first-order valence-corrected chi connectivity index (χ1v) is 5.52. The molecule has 0 unspecified atom stereocenters. The SMILES string of the molecule is Cn1nc(C=O)c2c1-c1cc(Cl)ccc1OC2. The molecule has 0 radical (unpaired) electrons. The first-order valence-electron chi connectivity index (χ1n) is 5.14. The normalized spacial score (nSPS) is 12.6. The van der Waals surface area contributed by atoms with Gasteiger partial charge in [-0.05, 0) is 18.2 Å². The Hall–Kier alpha value is -1.81. The van der Waals surface area contributed by atoms with Crippen molar-refractivity contribution in [1.82, 2.24) is 9.78 Å². The number of fused-ring (bicyclic) bond motifs is 3. The molecule has 2 aromatic rings. The van der Waals surface area contributed by atoms with Crippen molar-refractivity contribution < 1.29 is 9.53 Å². The maximum Gasteiger partial charge on any atom is 0.170 e. The molecule has 0 fully saturated rings. The maximum absolute atomic E-state index is 10.9. The van der Waals surface area contributed by atoms with Crippen LogP contribution in [0.4, 0.5) is 0 Å². The topological polar surface area (TPSA) is 44.1 Å². The number of hydrogen-bond acceptors (Lipinski definition) is 3. The molecular weight excluding hydrogens is 240 g/mol. The summed E-state index contributed by atoms with van der Waals surface area (Å²) in [5.74, 6) is 0.766. The van der Waals surface area contributed by atoms with Crippen molar-refractivity contribution in [3.63, 3.8) is 0 Å². The minimum Gasteiger partial charge on any atom is -0.488 e. The van der Waals surface area contributed by atoms with E-state index in [1.54, 1.807) is 10.7 Å². The number of hydrogen-bond donors (Lipinski definition) is 0. The van der Waals surface area contributed by atoms with Crippen LogP contribution in [-0.2, 0) is 13.7 Å². The number of rotatable bonds is 1. The highest BCUT2D eigenvalue weighted by Gasteiger charge is 2.25. The third kappa shape index (κ3) is 1.45. The van der Waals surface area contributed by atoms with E-state index in [4.69, 9.17) is 16.3 Å². The van der Waals surface area contributed by atoms with Crippen LogP contribution in [0.15, 0.2) is 18.2 Å². The highest BCUT2D eigenvalue weighted by atomic mass is 35.5. The third-order valence-electron chi connectivity index (χ3n) is 2.86. The van der Waals surface area contributed by atoms with Gasteiger partial charge in [-0.3, -0.25) is 9.48 Å². The molecule has 0 saturated carbocycles. The standard InChI is InChI=1S/C12H9ClN2O2/c1-15-12-8-4-7(13)2-3-11(8)17-6-9(12)10(5-16)14-15/h2-5H,6H2,1H3. The smallest absolute Gasteiger partial charge is 0.170 e. The Balaban J connectivity index is 2.32. The van der Waals surface area contributed by atoms with Crippen LogP contribution in [0, 0.1) is 0 Å². The molecule has 5 heteroatoms. The average Bonchev–Trinajstić information content (AvgIpc) is 2.66. The Labute approximate surface area is 103 Å². The zero-order chi connectivity index (χ0) is 12.0. The number of halogens is 1. The summed E-state index contributed by atoms with van der Waals surface area (Å²) in [7, 11) is 1.81. The van der Waals surface area contributed by atoms with E-state index in [1.165, 1.54) is 0 Å².